The molecule has 142 valence electrons. The van der Waals surface area contributed by atoms with Crippen LogP contribution in [0.2, 0.25) is 0 Å². The first-order valence-corrected chi connectivity index (χ1v) is 9.39. The number of fused-ring (bicyclic) bond motifs is 1. The van der Waals surface area contributed by atoms with Gasteiger partial charge in [-0.15, -0.1) is 0 Å². The summed E-state index contributed by atoms with van der Waals surface area (Å²) in [5, 5.41) is 0.663. The van der Waals surface area contributed by atoms with Gasteiger partial charge in [0.1, 0.15) is 11.5 Å². The highest BCUT2D eigenvalue weighted by Gasteiger charge is 2.24. The van der Waals surface area contributed by atoms with Crippen molar-refractivity contribution < 1.29 is 14.3 Å². The van der Waals surface area contributed by atoms with Gasteiger partial charge in [0.2, 0.25) is 0 Å². The number of likely N-dealkylation sites (N-methyl/N-ethyl adjacent to an activating group) is 1. The maximum Gasteiger partial charge on any atom is 0.263 e. The van der Waals surface area contributed by atoms with Gasteiger partial charge in [-0.25, -0.2) is 4.98 Å². The lowest BCUT2D eigenvalue weighted by atomic mass is 10.1. The Hall–Kier alpha value is -2.64. The number of hydrogen-bond acceptors (Lipinski definition) is 6. The Kier molecular flexibility index (Phi) is 5.93. The molecule has 6 nitrogen and oxygen atoms in total. The van der Waals surface area contributed by atoms with E-state index in [2.05, 4.69) is 4.98 Å². The highest BCUT2D eigenvalue weighted by Crippen LogP contribution is 2.33. The van der Waals surface area contributed by atoms with Crippen molar-refractivity contribution in [2.75, 3.05) is 46.3 Å². The standard InChI is InChI=1S/C20H23N3O3S/c1-22(2)11-12-23(19(24)15-7-5-6-8-17(15)26-4)20-21-16-10-9-14(25-3)13-18(16)27-20/h5-10,13H,11-12H2,1-4H3. The average molecular weight is 385 g/mol. The van der Waals surface area contributed by atoms with Crippen molar-refractivity contribution in [2.24, 2.45) is 0 Å². The van der Waals surface area contributed by atoms with Crippen molar-refractivity contribution in [1.29, 1.82) is 0 Å². The van der Waals surface area contributed by atoms with Gasteiger partial charge < -0.3 is 14.4 Å². The first kappa shape index (κ1) is 19.1. The van der Waals surface area contributed by atoms with Crippen LogP contribution in [0.1, 0.15) is 10.4 Å². The van der Waals surface area contributed by atoms with E-state index in [0.717, 1.165) is 22.5 Å². The van der Waals surface area contributed by atoms with Gasteiger partial charge in [-0.3, -0.25) is 9.69 Å². The molecule has 0 aliphatic carbocycles. The molecule has 1 aromatic heterocycles. The summed E-state index contributed by atoms with van der Waals surface area (Å²) in [6.45, 7) is 1.25. The van der Waals surface area contributed by atoms with Crippen LogP contribution >= 0.6 is 11.3 Å². The molecule has 1 amide bonds. The van der Waals surface area contributed by atoms with Gasteiger partial charge in [0.25, 0.3) is 5.91 Å². The normalized spacial score (nSPS) is 11.0. The lowest BCUT2D eigenvalue weighted by Crippen LogP contribution is -2.36. The summed E-state index contributed by atoms with van der Waals surface area (Å²) >= 11 is 1.48. The maximum atomic E-state index is 13.3. The van der Waals surface area contributed by atoms with E-state index in [0.29, 0.717) is 23.0 Å². The number of amides is 1. The summed E-state index contributed by atoms with van der Waals surface area (Å²) < 4.78 is 11.6. The van der Waals surface area contributed by atoms with Gasteiger partial charge in [0.05, 0.1) is 30.0 Å². The summed E-state index contributed by atoms with van der Waals surface area (Å²) in [4.78, 5) is 21.7. The number of ether oxygens (including phenoxy) is 2. The number of methoxy groups -OCH3 is 2. The smallest absolute Gasteiger partial charge is 0.263 e. The number of anilines is 1. The summed E-state index contributed by atoms with van der Waals surface area (Å²) in [5.74, 6) is 1.20. The Balaban J connectivity index is 2.01. The molecule has 0 bridgehead atoms. The minimum absolute atomic E-state index is 0.125. The monoisotopic (exact) mass is 385 g/mol. The lowest BCUT2D eigenvalue weighted by molar-refractivity contribution is 0.0982. The molecule has 0 spiro atoms. The highest BCUT2D eigenvalue weighted by molar-refractivity contribution is 7.22. The molecule has 7 heteroatoms. The predicted molar refractivity (Wildman–Crippen MR) is 109 cm³/mol. The van der Waals surface area contributed by atoms with E-state index < -0.39 is 0 Å². The van der Waals surface area contributed by atoms with E-state index in [1.54, 1.807) is 31.3 Å². The Labute approximate surface area is 162 Å². The quantitative estimate of drug-likeness (QED) is 0.623. The van der Waals surface area contributed by atoms with Crippen molar-refractivity contribution in [3.63, 3.8) is 0 Å². The molecule has 0 unspecified atom stereocenters. The van der Waals surface area contributed by atoms with Crippen LogP contribution in [-0.2, 0) is 0 Å². The van der Waals surface area contributed by atoms with E-state index in [9.17, 15) is 4.79 Å². The third kappa shape index (κ3) is 4.20. The molecule has 27 heavy (non-hydrogen) atoms. The van der Waals surface area contributed by atoms with Crippen LogP contribution in [0.25, 0.3) is 10.2 Å². The average Bonchev–Trinajstić information content (AvgIpc) is 3.10. The molecule has 0 aliphatic rings. The number of benzene rings is 2. The van der Waals surface area contributed by atoms with E-state index in [1.165, 1.54) is 11.3 Å². The fraction of sp³-hybridized carbons (Fsp3) is 0.300. The Bertz CT molecular complexity index is 939. The molecule has 2 aromatic carbocycles. The summed E-state index contributed by atoms with van der Waals surface area (Å²) in [6.07, 6.45) is 0. The molecule has 0 saturated heterocycles. The number of nitrogens with zero attached hydrogens (tertiary/aromatic N) is 3. The molecule has 0 N–H and O–H groups in total. The number of para-hydroxylation sites is 1. The highest BCUT2D eigenvalue weighted by atomic mass is 32.1. The van der Waals surface area contributed by atoms with Gasteiger partial charge in [-0.1, -0.05) is 23.5 Å². The largest absolute Gasteiger partial charge is 0.497 e. The van der Waals surface area contributed by atoms with Crippen molar-refractivity contribution in [1.82, 2.24) is 9.88 Å². The van der Waals surface area contributed by atoms with E-state index in [4.69, 9.17) is 9.47 Å². The minimum Gasteiger partial charge on any atom is -0.497 e. The SMILES string of the molecule is COc1ccc2nc(N(CCN(C)C)C(=O)c3ccccc3OC)sc2c1. The van der Waals surface area contributed by atoms with E-state index in [1.807, 2.05) is 49.3 Å². The first-order valence-electron chi connectivity index (χ1n) is 8.57. The van der Waals surface area contributed by atoms with Crippen LogP contribution in [0.4, 0.5) is 5.13 Å². The molecule has 3 aromatic rings. The molecule has 0 radical (unpaired) electrons. The van der Waals surface area contributed by atoms with Crippen LogP contribution in [-0.4, -0.2) is 57.2 Å². The van der Waals surface area contributed by atoms with Gasteiger partial charge >= 0.3 is 0 Å². The molecular formula is C20H23N3O3S. The maximum absolute atomic E-state index is 13.3. The number of carbonyl (C=O) groups is 1. The zero-order valence-corrected chi connectivity index (χ0v) is 16.7. The van der Waals surface area contributed by atoms with E-state index >= 15 is 0 Å². The topological polar surface area (TPSA) is 54.9 Å². The Morgan fingerprint density at radius 2 is 1.85 bits per heavy atom. The van der Waals surface area contributed by atoms with Gasteiger partial charge in [-0.05, 0) is 44.4 Å². The second-order valence-electron chi connectivity index (χ2n) is 6.29. The molecular weight excluding hydrogens is 362 g/mol. The molecule has 3 rings (SSSR count). The zero-order valence-electron chi connectivity index (χ0n) is 15.9. The summed E-state index contributed by atoms with van der Waals surface area (Å²) in [5.41, 5.74) is 1.37. The number of rotatable bonds is 7. The molecule has 0 saturated carbocycles. The molecule has 1 heterocycles. The predicted octanol–water partition coefficient (Wildman–Crippen LogP) is 3.52. The number of aromatic nitrogens is 1. The van der Waals surface area contributed by atoms with Crippen molar-refractivity contribution in [3.8, 4) is 11.5 Å². The Morgan fingerprint density at radius 1 is 1.07 bits per heavy atom. The van der Waals surface area contributed by atoms with Crippen molar-refractivity contribution in [3.05, 3.63) is 48.0 Å². The fourth-order valence-corrected chi connectivity index (χ4v) is 3.70. The Morgan fingerprint density at radius 3 is 2.56 bits per heavy atom. The second kappa shape index (κ2) is 8.37. The van der Waals surface area contributed by atoms with Crippen LogP contribution in [0.5, 0.6) is 11.5 Å². The van der Waals surface area contributed by atoms with Gasteiger partial charge in [0, 0.05) is 13.1 Å². The fourth-order valence-electron chi connectivity index (χ4n) is 2.69. The summed E-state index contributed by atoms with van der Waals surface area (Å²) in [6, 6.07) is 13.0. The number of carbonyl (C=O) groups excluding carboxylic acids is 1. The second-order valence-corrected chi connectivity index (χ2v) is 7.30. The first-order chi connectivity index (χ1) is 13.0. The molecule has 0 atom stereocenters. The molecule has 0 fully saturated rings. The minimum atomic E-state index is -0.125. The van der Waals surface area contributed by atoms with Crippen molar-refractivity contribution >= 4 is 32.6 Å². The third-order valence-electron chi connectivity index (χ3n) is 4.17. The van der Waals surface area contributed by atoms with Crippen LogP contribution < -0.4 is 14.4 Å². The van der Waals surface area contributed by atoms with Gasteiger partial charge in [-0.2, -0.15) is 0 Å². The number of thiazole rings is 1. The van der Waals surface area contributed by atoms with Crippen LogP contribution in [0, 0.1) is 0 Å². The van der Waals surface area contributed by atoms with E-state index in [-0.39, 0.29) is 5.91 Å². The lowest BCUT2D eigenvalue weighted by Gasteiger charge is -2.22. The van der Waals surface area contributed by atoms with Crippen LogP contribution in [0.15, 0.2) is 42.5 Å². The van der Waals surface area contributed by atoms with Gasteiger partial charge in [0.15, 0.2) is 5.13 Å². The van der Waals surface area contributed by atoms with Crippen molar-refractivity contribution in [2.45, 2.75) is 0 Å². The number of hydrogen-bond donors (Lipinski definition) is 0. The van der Waals surface area contributed by atoms with Crippen LogP contribution in [0.3, 0.4) is 0 Å². The molecule has 0 aliphatic heterocycles. The summed E-state index contributed by atoms with van der Waals surface area (Å²) in [7, 11) is 7.17. The third-order valence-corrected chi connectivity index (χ3v) is 5.21. The zero-order chi connectivity index (χ0) is 19.4.